The van der Waals surface area contributed by atoms with Crippen LogP contribution in [0.3, 0.4) is 0 Å². The van der Waals surface area contributed by atoms with Gasteiger partial charge in [-0.15, -0.1) is 0 Å². The summed E-state index contributed by atoms with van der Waals surface area (Å²) >= 11 is 0. The Kier molecular flexibility index (Phi) is 0.990. The third-order valence-corrected chi connectivity index (χ3v) is 1.78. The van der Waals surface area contributed by atoms with Crippen LogP contribution in [0.25, 0.3) is 6.08 Å². The fraction of sp³-hybridized carbons (Fsp3) is 0.125. The molecule has 1 aromatic rings. The molecule has 0 spiro atoms. The van der Waals surface area contributed by atoms with E-state index >= 15 is 0 Å². The van der Waals surface area contributed by atoms with Crippen molar-refractivity contribution in [1.82, 2.24) is 0 Å². The van der Waals surface area contributed by atoms with Gasteiger partial charge in [0, 0.05) is 5.56 Å². The summed E-state index contributed by atoms with van der Waals surface area (Å²) in [5.41, 5.74) is 1.01. The van der Waals surface area contributed by atoms with Gasteiger partial charge in [0.25, 0.3) is 5.95 Å². The number of aromatic hydroxyl groups is 1. The SMILES string of the molecule is Cc1c(O)oc2c1C(=O)C=C2. The van der Waals surface area contributed by atoms with Crippen LogP contribution in [-0.2, 0) is 0 Å². The zero-order valence-corrected chi connectivity index (χ0v) is 5.92. The Bertz CT molecular complexity index is 358. The van der Waals surface area contributed by atoms with Crippen molar-refractivity contribution in [2.24, 2.45) is 0 Å². The highest BCUT2D eigenvalue weighted by Gasteiger charge is 2.23. The number of fused-ring (bicyclic) bond motifs is 1. The molecule has 3 nitrogen and oxygen atoms in total. The third-order valence-electron chi connectivity index (χ3n) is 1.78. The minimum Gasteiger partial charge on any atom is -0.480 e. The summed E-state index contributed by atoms with van der Waals surface area (Å²) in [5.74, 6) is 0.208. The van der Waals surface area contributed by atoms with Crippen LogP contribution >= 0.6 is 0 Å². The fourth-order valence-electron chi connectivity index (χ4n) is 1.18. The van der Waals surface area contributed by atoms with Crippen LogP contribution in [0.15, 0.2) is 10.5 Å². The molecule has 1 N–H and O–H groups in total. The first-order valence-electron chi connectivity index (χ1n) is 3.25. The van der Waals surface area contributed by atoms with Crippen molar-refractivity contribution >= 4 is 11.9 Å². The van der Waals surface area contributed by atoms with Crippen molar-refractivity contribution in [2.45, 2.75) is 6.92 Å². The van der Waals surface area contributed by atoms with Gasteiger partial charge in [-0.25, -0.2) is 0 Å². The number of carbonyl (C=O) groups excluding carboxylic acids is 1. The van der Waals surface area contributed by atoms with E-state index in [1.165, 1.54) is 6.08 Å². The first-order valence-corrected chi connectivity index (χ1v) is 3.25. The predicted molar refractivity (Wildman–Crippen MR) is 38.5 cm³/mol. The zero-order chi connectivity index (χ0) is 8.01. The van der Waals surface area contributed by atoms with Gasteiger partial charge < -0.3 is 9.52 Å². The molecule has 0 saturated heterocycles. The van der Waals surface area contributed by atoms with Gasteiger partial charge in [-0.3, -0.25) is 4.79 Å². The lowest BCUT2D eigenvalue weighted by Crippen LogP contribution is -1.90. The molecular formula is C8H6O3. The molecule has 0 aromatic carbocycles. The second-order valence-corrected chi connectivity index (χ2v) is 2.47. The maximum absolute atomic E-state index is 11.0. The molecule has 1 heterocycles. The zero-order valence-electron chi connectivity index (χ0n) is 5.92. The van der Waals surface area contributed by atoms with Crippen molar-refractivity contribution in [3.63, 3.8) is 0 Å². The molecule has 1 aliphatic rings. The second-order valence-electron chi connectivity index (χ2n) is 2.47. The summed E-state index contributed by atoms with van der Waals surface area (Å²) in [5, 5.41) is 9.05. The van der Waals surface area contributed by atoms with Gasteiger partial charge in [-0.05, 0) is 19.1 Å². The molecule has 0 atom stereocenters. The fourth-order valence-corrected chi connectivity index (χ4v) is 1.18. The number of hydrogen-bond donors (Lipinski definition) is 1. The van der Waals surface area contributed by atoms with Crippen molar-refractivity contribution in [3.05, 3.63) is 23.0 Å². The Morgan fingerprint density at radius 2 is 2.18 bits per heavy atom. The van der Waals surface area contributed by atoms with Gasteiger partial charge >= 0.3 is 0 Å². The Balaban J connectivity index is 2.75. The Morgan fingerprint density at radius 3 is 2.82 bits per heavy atom. The average Bonchev–Trinajstić information content (AvgIpc) is 2.41. The van der Waals surface area contributed by atoms with E-state index < -0.39 is 0 Å². The molecule has 0 radical (unpaired) electrons. The van der Waals surface area contributed by atoms with E-state index in [4.69, 9.17) is 9.52 Å². The summed E-state index contributed by atoms with van der Waals surface area (Å²) in [6, 6.07) is 0. The van der Waals surface area contributed by atoms with Gasteiger partial charge in [0.05, 0.1) is 5.56 Å². The van der Waals surface area contributed by atoms with Crippen molar-refractivity contribution < 1.29 is 14.3 Å². The van der Waals surface area contributed by atoms with Crippen LogP contribution in [0.1, 0.15) is 21.7 Å². The summed E-state index contributed by atoms with van der Waals surface area (Å²) < 4.78 is 4.88. The molecule has 0 amide bonds. The van der Waals surface area contributed by atoms with Crippen LogP contribution in [0.4, 0.5) is 0 Å². The minimum atomic E-state index is -0.160. The van der Waals surface area contributed by atoms with Crippen molar-refractivity contribution in [1.29, 1.82) is 0 Å². The van der Waals surface area contributed by atoms with Crippen molar-refractivity contribution in [3.8, 4) is 5.95 Å². The molecule has 3 heteroatoms. The number of carbonyl (C=O) groups is 1. The molecule has 0 bridgehead atoms. The van der Waals surface area contributed by atoms with Gasteiger partial charge in [-0.2, -0.15) is 0 Å². The highest BCUT2D eigenvalue weighted by Crippen LogP contribution is 2.32. The molecule has 0 unspecified atom stereocenters. The van der Waals surface area contributed by atoms with E-state index in [1.54, 1.807) is 13.0 Å². The summed E-state index contributed by atoms with van der Waals surface area (Å²) in [7, 11) is 0. The van der Waals surface area contributed by atoms with E-state index in [9.17, 15) is 4.79 Å². The molecule has 1 aliphatic carbocycles. The molecule has 1 aromatic heterocycles. The molecule has 0 saturated carbocycles. The van der Waals surface area contributed by atoms with Gasteiger partial charge in [-0.1, -0.05) is 0 Å². The lowest BCUT2D eigenvalue weighted by molar-refractivity contribution is 0.104. The van der Waals surface area contributed by atoms with E-state index in [2.05, 4.69) is 0 Å². The van der Waals surface area contributed by atoms with Gasteiger partial charge in [0.2, 0.25) is 0 Å². The second kappa shape index (κ2) is 1.75. The summed E-state index contributed by atoms with van der Waals surface area (Å²) in [6.07, 6.45) is 2.99. The Morgan fingerprint density at radius 1 is 1.45 bits per heavy atom. The van der Waals surface area contributed by atoms with Crippen LogP contribution in [0.2, 0.25) is 0 Å². The number of ketones is 1. The molecule has 0 fully saturated rings. The molecule has 11 heavy (non-hydrogen) atoms. The number of hydrogen-bond acceptors (Lipinski definition) is 3. The van der Waals surface area contributed by atoms with E-state index in [0.717, 1.165) is 0 Å². The number of allylic oxidation sites excluding steroid dienone is 1. The number of furan rings is 1. The van der Waals surface area contributed by atoms with Crippen LogP contribution in [-0.4, -0.2) is 10.9 Å². The number of rotatable bonds is 0. The molecule has 2 rings (SSSR count). The highest BCUT2D eigenvalue weighted by molar-refractivity contribution is 6.14. The smallest absolute Gasteiger partial charge is 0.286 e. The highest BCUT2D eigenvalue weighted by atomic mass is 16.5. The minimum absolute atomic E-state index is 0.0958. The maximum Gasteiger partial charge on any atom is 0.286 e. The van der Waals surface area contributed by atoms with E-state index in [1.807, 2.05) is 0 Å². The normalized spacial score (nSPS) is 14.1. The maximum atomic E-state index is 11.0. The van der Waals surface area contributed by atoms with Gasteiger partial charge in [0.15, 0.2) is 5.78 Å². The standard InChI is InChI=1S/C8H6O3/c1-4-7-5(9)2-3-6(7)11-8(4)10/h2-3,10H,1H3. The van der Waals surface area contributed by atoms with Crippen LogP contribution in [0.5, 0.6) is 5.95 Å². The predicted octanol–water partition coefficient (Wildman–Crippen LogP) is 1.50. The summed E-state index contributed by atoms with van der Waals surface area (Å²) in [6.45, 7) is 1.66. The lowest BCUT2D eigenvalue weighted by atomic mass is 10.1. The molecular weight excluding hydrogens is 144 g/mol. The molecule has 56 valence electrons. The van der Waals surface area contributed by atoms with E-state index in [-0.39, 0.29) is 11.7 Å². The Hall–Kier alpha value is -1.51. The largest absolute Gasteiger partial charge is 0.480 e. The summed E-state index contributed by atoms with van der Waals surface area (Å²) in [4.78, 5) is 11.0. The first-order chi connectivity index (χ1) is 5.20. The van der Waals surface area contributed by atoms with Gasteiger partial charge in [0.1, 0.15) is 5.76 Å². The van der Waals surface area contributed by atoms with Crippen molar-refractivity contribution in [2.75, 3.05) is 0 Å². The monoisotopic (exact) mass is 150 g/mol. The quantitative estimate of drug-likeness (QED) is 0.609. The van der Waals surface area contributed by atoms with E-state index in [0.29, 0.717) is 16.9 Å². The first kappa shape index (κ1) is 6.22. The third kappa shape index (κ3) is 0.648. The topological polar surface area (TPSA) is 50.4 Å². The van der Waals surface area contributed by atoms with Crippen LogP contribution < -0.4 is 0 Å². The Labute approximate surface area is 62.9 Å². The molecule has 0 aliphatic heterocycles. The lowest BCUT2D eigenvalue weighted by Gasteiger charge is -1.86. The average molecular weight is 150 g/mol. The van der Waals surface area contributed by atoms with Crippen LogP contribution in [0, 0.1) is 6.92 Å².